The molecule has 4 aromatic rings. The van der Waals surface area contributed by atoms with Gasteiger partial charge in [0.25, 0.3) is 0 Å². The molecule has 0 spiro atoms. The van der Waals surface area contributed by atoms with Crippen LogP contribution < -0.4 is 10.1 Å². The quantitative estimate of drug-likeness (QED) is 0.0795. The van der Waals surface area contributed by atoms with E-state index in [1.54, 1.807) is 12.1 Å². The number of halogens is 5. The summed E-state index contributed by atoms with van der Waals surface area (Å²) in [5.41, 5.74) is 1.85. The number of aromatic carboxylic acids is 1. The van der Waals surface area contributed by atoms with E-state index in [9.17, 15) is 41.5 Å². The van der Waals surface area contributed by atoms with E-state index >= 15 is 8.78 Å². The Morgan fingerprint density at radius 1 is 0.891 bits per heavy atom. The summed E-state index contributed by atoms with van der Waals surface area (Å²) in [6.45, 7) is 5.06. The molecule has 0 aliphatic heterocycles. The Labute approximate surface area is 314 Å². The minimum absolute atomic E-state index is 0.0403. The number of benzene rings is 4. The molecule has 0 aromatic heterocycles. The number of carboxylic acid groups (broad SMARTS) is 1. The molecule has 2 aliphatic rings. The van der Waals surface area contributed by atoms with Crippen LogP contribution in [0.2, 0.25) is 0 Å². The summed E-state index contributed by atoms with van der Waals surface area (Å²) in [4.78, 5) is 24.3. The normalized spacial score (nSPS) is 15.1. The molecule has 0 bridgehead atoms. The molecule has 2 aliphatic carbocycles. The SMILES string of the molecule is CC(C)(C)c1cc(CC(C(=O)Nc2ccc(C(=O)O)cc2OC2CC2)N(Cc2ccc(C#N)cc2)S(=O)(=O)c2c(F)c(F)c(F)c(F)c2F)cc(C2CC2)c1. The lowest BCUT2D eigenvalue weighted by molar-refractivity contribution is -0.120. The molecule has 2 saturated carbocycles. The molecule has 1 atom stereocenters. The number of nitrogens with one attached hydrogen (secondary N) is 1. The third-order valence-corrected chi connectivity index (χ3v) is 11.3. The zero-order valence-electron chi connectivity index (χ0n) is 29.9. The first-order chi connectivity index (χ1) is 25.9. The van der Waals surface area contributed by atoms with Crippen molar-refractivity contribution in [2.45, 2.75) is 87.8 Å². The van der Waals surface area contributed by atoms with Crippen LogP contribution in [0.25, 0.3) is 0 Å². The minimum atomic E-state index is -5.78. The number of sulfonamides is 1. The summed E-state index contributed by atoms with van der Waals surface area (Å²) in [7, 11) is -5.78. The fourth-order valence-electron chi connectivity index (χ4n) is 6.06. The summed E-state index contributed by atoms with van der Waals surface area (Å²) in [5, 5.41) is 21.5. The first-order valence-electron chi connectivity index (χ1n) is 17.4. The van der Waals surface area contributed by atoms with Crippen LogP contribution in [-0.2, 0) is 33.2 Å². The molecule has 0 heterocycles. The van der Waals surface area contributed by atoms with Crippen molar-refractivity contribution in [3.8, 4) is 11.8 Å². The van der Waals surface area contributed by atoms with E-state index in [2.05, 4.69) is 5.32 Å². The second-order valence-corrected chi connectivity index (χ2v) is 16.6. The second-order valence-electron chi connectivity index (χ2n) is 14.8. The molecule has 2 N–H and O–H groups in total. The number of amides is 1. The van der Waals surface area contributed by atoms with Gasteiger partial charge >= 0.3 is 5.97 Å². The van der Waals surface area contributed by atoms with Crippen LogP contribution in [-0.4, -0.2) is 41.9 Å². The van der Waals surface area contributed by atoms with Gasteiger partial charge in [0, 0.05) is 6.54 Å². The number of hydrogen-bond acceptors (Lipinski definition) is 6. The Morgan fingerprint density at radius 2 is 1.51 bits per heavy atom. The van der Waals surface area contributed by atoms with Crippen LogP contribution in [0.5, 0.6) is 5.75 Å². The number of ether oxygens (including phenoxy) is 1. The van der Waals surface area contributed by atoms with Crippen LogP contribution in [0.3, 0.4) is 0 Å². The molecule has 55 heavy (non-hydrogen) atoms. The lowest BCUT2D eigenvalue weighted by Gasteiger charge is -2.31. The van der Waals surface area contributed by atoms with Crippen LogP contribution in [0.1, 0.15) is 90.5 Å². The van der Waals surface area contributed by atoms with Crippen LogP contribution in [0, 0.1) is 40.4 Å². The molecule has 9 nitrogen and oxygen atoms in total. The average Bonchev–Trinajstić information content (AvgIpc) is 4.08. The average molecular weight is 782 g/mol. The fourth-order valence-corrected chi connectivity index (χ4v) is 7.75. The number of nitrogens with zero attached hydrogens (tertiary/aromatic N) is 2. The number of nitriles is 1. The second kappa shape index (κ2) is 15.1. The van der Waals surface area contributed by atoms with Gasteiger partial charge in [-0.1, -0.05) is 51.1 Å². The molecular formula is C40H36F5N3O6S. The first-order valence-corrected chi connectivity index (χ1v) is 18.8. The number of rotatable bonds is 13. The van der Waals surface area contributed by atoms with Crippen LogP contribution in [0.15, 0.2) is 65.6 Å². The van der Waals surface area contributed by atoms with E-state index in [1.807, 2.05) is 32.9 Å². The van der Waals surface area contributed by atoms with Crippen molar-refractivity contribution in [2.75, 3.05) is 5.32 Å². The summed E-state index contributed by atoms with van der Waals surface area (Å²) >= 11 is 0. The predicted octanol–water partition coefficient (Wildman–Crippen LogP) is 8.11. The highest BCUT2D eigenvalue weighted by molar-refractivity contribution is 7.89. The zero-order valence-corrected chi connectivity index (χ0v) is 30.7. The fraction of sp³-hybridized carbons (Fsp3) is 0.325. The van der Waals surface area contributed by atoms with Crippen molar-refractivity contribution in [1.29, 1.82) is 5.26 Å². The largest absolute Gasteiger partial charge is 0.488 e. The van der Waals surface area contributed by atoms with Gasteiger partial charge in [-0.3, -0.25) is 4.79 Å². The molecule has 0 radical (unpaired) electrons. The molecule has 0 saturated heterocycles. The molecular weight excluding hydrogens is 746 g/mol. The zero-order chi connectivity index (χ0) is 40.0. The Kier molecular flexibility index (Phi) is 10.8. The van der Waals surface area contributed by atoms with Crippen molar-refractivity contribution in [3.63, 3.8) is 0 Å². The minimum Gasteiger partial charge on any atom is -0.488 e. The van der Waals surface area contributed by atoms with Crippen molar-refractivity contribution in [1.82, 2.24) is 4.31 Å². The Hall–Kier alpha value is -5.33. The smallest absolute Gasteiger partial charge is 0.335 e. The number of carbonyl (C=O) groups excluding carboxylic acids is 1. The summed E-state index contributed by atoms with van der Waals surface area (Å²) in [6.07, 6.45) is 2.38. The summed E-state index contributed by atoms with van der Waals surface area (Å²) in [6, 6.07) is 14.5. The predicted molar refractivity (Wildman–Crippen MR) is 190 cm³/mol. The van der Waals surface area contributed by atoms with Gasteiger partial charge < -0.3 is 15.2 Å². The van der Waals surface area contributed by atoms with Gasteiger partial charge in [-0.25, -0.2) is 35.2 Å². The Morgan fingerprint density at radius 3 is 2.05 bits per heavy atom. The topological polar surface area (TPSA) is 137 Å². The maximum absolute atomic E-state index is 15.4. The van der Waals surface area contributed by atoms with Gasteiger partial charge in [0.05, 0.1) is 29.0 Å². The molecule has 1 amide bonds. The summed E-state index contributed by atoms with van der Waals surface area (Å²) in [5.74, 6) is -15.0. The van der Waals surface area contributed by atoms with Gasteiger partial charge in [0.2, 0.25) is 21.7 Å². The number of hydrogen-bond donors (Lipinski definition) is 2. The summed E-state index contributed by atoms with van der Waals surface area (Å²) < 4.78 is 110. The van der Waals surface area contributed by atoms with E-state index in [0.29, 0.717) is 22.7 Å². The molecule has 1 unspecified atom stereocenters. The number of anilines is 1. The molecule has 4 aromatic carbocycles. The molecule has 288 valence electrons. The highest BCUT2D eigenvalue weighted by Crippen LogP contribution is 2.42. The van der Waals surface area contributed by atoms with E-state index in [1.165, 1.54) is 42.5 Å². The van der Waals surface area contributed by atoms with E-state index < -0.39 is 80.3 Å². The van der Waals surface area contributed by atoms with Gasteiger partial charge in [0.15, 0.2) is 28.2 Å². The highest BCUT2D eigenvalue weighted by atomic mass is 32.2. The van der Waals surface area contributed by atoms with Gasteiger partial charge in [-0.2, -0.15) is 9.57 Å². The van der Waals surface area contributed by atoms with Crippen LogP contribution >= 0.6 is 0 Å². The van der Waals surface area contributed by atoms with Crippen molar-refractivity contribution in [3.05, 3.63) is 123 Å². The Balaban J connectivity index is 1.55. The number of carboxylic acids is 1. The third kappa shape index (κ3) is 8.50. The van der Waals surface area contributed by atoms with E-state index in [0.717, 1.165) is 24.0 Å². The van der Waals surface area contributed by atoms with Crippen molar-refractivity contribution >= 4 is 27.6 Å². The number of carbonyl (C=O) groups is 2. The Bertz CT molecular complexity index is 2300. The molecule has 15 heteroatoms. The monoisotopic (exact) mass is 781 g/mol. The van der Waals surface area contributed by atoms with Crippen molar-refractivity contribution < 1.29 is 49.8 Å². The lowest BCUT2D eigenvalue weighted by atomic mass is 9.83. The third-order valence-electron chi connectivity index (χ3n) is 9.47. The highest BCUT2D eigenvalue weighted by Gasteiger charge is 2.43. The standard InChI is InChI=1S/C40H36F5N3O6S/c1-40(2,3)27-15-23(14-26(17-27)24-8-9-24)16-30(38(49)47-29-13-10-25(39(50)51)18-31(29)54-28-11-12-28)48(20-22-6-4-21(19-46)5-7-22)55(52,53)37-35(44)33(42)32(41)34(43)36(37)45/h4-7,10,13-15,17-18,24,28,30H,8-9,11-12,16,20H2,1-3H3,(H,47,49)(H,50,51). The maximum Gasteiger partial charge on any atom is 0.335 e. The van der Waals surface area contributed by atoms with Crippen LogP contribution in [0.4, 0.5) is 27.6 Å². The molecule has 6 rings (SSSR count). The maximum atomic E-state index is 15.4. The van der Waals surface area contributed by atoms with Gasteiger partial charge in [-0.05, 0) is 96.0 Å². The van der Waals surface area contributed by atoms with E-state index in [-0.39, 0.29) is 40.1 Å². The van der Waals surface area contributed by atoms with Crippen molar-refractivity contribution in [2.24, 2.45) is 0 Å². The lowest BCUT2D eigenvalue weighted by Crippen LogP contribution is -2.48. The molecule has 2 fully saturated rings. The van der Waals surface area contributed by atoms with E-state index in [4.69, 9.17) is 4.74 Å². The van der Waals surface area contributed by atoms with Gasteiger partial charge in [0.1, 0.15) is 11.8 Å². The van der Waals surface area contributed by atoms with Gasteiger partial charge in [-0.15, -0.1) is 0 Å². The first kappa shape index (κ1) is 39.4.